The minimum absolute atomic E-state index is 0.139. The maximum Gasteiger partial charge on any atom is 0.416 e. The average Bonchev–Trinajstić information content (AvgIpc) is 3.29. The van der Waals surface area contributed by atoms with E-state index in [9.17, 15) is 44.7 Å². The normalized spacial score (nSPS) is 25.5. The summed E-state index contributed by atoms with van der Waals surface area (Å²) in [5.41, 5.74) is -0.203. The highest BCUT2D eigenvalue weighted by Gasteiger charge is 2.55. The highest BCUT2D eigenvalue weighted by Crippen LogP contribution is 2.43. The van der Waals surface area contributed by atoms with Gasteiger partial charge in [-0.15, -0.1) is 0 Å². The second-order valence-electron chi connectivity index (χ2n) is 8.31. The molecule has 4 rings (SSSR count). The number of nitrogens with zero attached hydrogens (tertiary/aromatic N) is 3. The van der Waals surface area contributed by atoms with Gasteiger partial charge in [0.2, 0.25) is 0 Å². The Labute approximate surface area is 194 Å². The molecule has 4 atom stereocenters. The first-order chi connectivity index (χ1) is 16.1. The third-order valence-corrected chi connectivity index (χ3v) is 6.74. The first-order valence-electron chi connectivity index (χ1n) is 10.0. The molecule has 2 aliphatic rings. The molecular weight excluding hydrogens is 510 g/mol. The van der Waals surface area contributed by atoms with E-state index in [1.54, 1.807) is 0 Å². The van der Waals surface area contributed by atoms with E-state index in [-0.39, 0.29) is 24.8 Å². The Bertz CT molecular complexity index is 1240. The number of carbonyl (C=O) groups is 1. The Balaban J connectivity index is 1.68. The van der Waals surface area contributed by atoms with Gasteiger partial charge in [0.05, 0.1) is 18.0 Å². The van der Waals surface area contributed by atoms with Crippen LogP contribution in [-0.4, -0.2) is 64.3 Å². The van der Waals surface area contributed by atoms with Gasteiger partial charge in [-0.2, -0.15) is 22.4 Å². The molecule has 0 spiro atoms. The zero-order valence-electron chi connectivity index (χ0n) is 17.8. The van der Waals surface area contributed by atoms with E-state index in [1.165, 1.54) is 11.1 Å². The number of fused-ring (bicyclic) bond motifs is 1. The van der Waals surface area contributed by atoms with Gasteiger partial charge in [0.25, 0.3) is 10.0 Å². The van der Waals surface area contributed by atoms with Crippen LogP contribution in [0, 0.1) is 17.5 Å². The van der Waals surface area contributed by atoms with Gasteiger partial charge in [-0.05, 0) is 12.5 Å². The number of aromatic nitrogens is 2. The van der Waals surface area contributed by atoms with Crippen LogP contribution in [0.5, 0.6) is 0 Å². The van der Waals surface area contributed by atoms with Crippen LogP contribution in [0.1, 0.15) is 29.3 Å². The van der Waals surface area contributed by atoms with Crippen LogP contribution in [0.3, 0.4) is 0 Å². The molecule has 1 aromatic carbocycles. The number of hydrogen-bond donors (Lipinski definition) is 2. The topological polar surface area (TPSA) is 114 Å². The summed E-state index contributed by atoms with van der Waals surface area (Å²) in [7, 11) is -3.71. The molecule has 1 fully saturated rings. The quantitative estimate of drug-likeness (QED) is 0.463. The Morgan fingerprint density at radius 3 is 2.40 bits per heavy atom. The molecule has 0 bridgehead atoms. The molecule has 1 amide bonds. The summed E-state index contributed by atoms with van der Waals surface area (Å²) >= 11 is 0. The summed E-state index contributed by atoms with van der Waals surface area (Å²) in [6, 6.07) is -2.48. The fraction of sp³-hybridized carbons (Fsp3) is 0.474. The average molecular weight is 528 g/mol. The van der Waals surface area contributed by atoms with Gasteiger partial charge in [-0.1, -0.05) is 0 Å². The molecular formula is C19H18F6N4O5S. The smallest absolute Gasteiger partial charge is 0.416 e. The molecule has 1 saturated heterocycles. The number of halogens is 6. The van der Waals surface area contributed by atoms with Crippen molar-refractivity contribution in [2.75, 3.05) is 6.26 Å². The predicted molar refractivity (Wildman–Crippen MR) is 105 cm³/mol. The number of nitrogens with one attached hydrogen (secondary N) is 1. The minimum atomic E-state index is -5.00. The lowest BCUT2D eigenvalue weighted by Crippen LogP contribution is -2.59. The number of alkyl halides is 3. The van der Waals surface area contributed by atoms with E-state index >= 15 is 0 Å². The molecule has 0 aliphatic carbocycles. The zero-order valence-corrected chi connectivity index (χ0v) is 18.6. The predicted octanol–water partition coefficient (Wildman–Crippen LogP) is 2.52. The van der Waals surface area contributed by atoms with Gasteiger partial charge in [0.15, 0.2) is 17.7 Å². The lowest BCUT2D eigenvalue weighted by Gasteiger charge is -2.45. The van der Waals surface area contributed by atoms with Crippen molar-refractivity contribution in [2.45, 2.75) is 50.0 Å². The van der Waals surface area contributed by atoms with Crippen LogP contribution in [0.4, 0.5) is 31.1 Å². The fourth-order valence-corrected chi connectivity index (χ4v) is 4.95. The third kappa shape index (κ3) is 4.95. The van der Waals surface area contributed by atoms with Gasteiger partial charge in [-0.25, -0.2) is 26.4 Å². The van der Waals surface area contributed by atoms with E-state index in [0.717, 1.165) is 6.26 Å². The fourth-order valence-electron chi connectivity index (χ4n) is 4.38. The van der Waals surface area contributed by atoms with Crippen molar-refractivity contribution in [2.24, 2.45) is 0 Å². The van der Waals surface area contributed by atoms with Gasteiger partial charge >= 0.3 is 12.3 Å². The van der Waals surface area contributed by atoms with E-state index in [4.69, 9.17) is 4.74 Å². The van der Waals surface area contributed by atoms with Crippen LogP contribution < -0.4 is 5.32 Å². The second kappa shape index (κ2) is 8.67. The van der Waals surface area contributed by atoms with Crippen molar-refractivity contribution >= 4 is 16.1 Å². The molecule has 2 aliphatic heterocycles. The number of hydrogen-bond acceptors (Lipinski definition) is 6. The summed E-state index contributed by atoms with van der Waals surface area (Å²) in [5.74, 6) is -4.52. The zero-order chi connectivity index (χ0) is 25.9. The number of carboxylic acid groups (broad SMARTS) is 1. The van der Waals surface area contributed by atoms with Gasteiger partial charge < -0.3 is 15.2 Å². The molecule has 2 N–H and O–H groups in total. The monoisotopic (exact) mass is 528 g/mol. The number of amides is 1. The molecule has 0 saturated carbocycles. The Morgan fingerprint density at radius 2 is 1.83 bits per heavy atom. The van der Waals surface area contributed by atoms with E-state index in [0.29, 0.717) is 15.7 Å². The Morgan fingerprint density at radius 1 is 1.17 bits per heavy atom. The van der Waals surface area contributed by atoms with E-state index < -0.39 is 76.0 Å². The molecule has 0 radical (unpaired) electrons. The lowest BCUT2D eigenvalue weighted by atomic mass is 9.88. The largest absolute Gasteiger partial charge is 0.465 e. The summed E-state index contributed by atoms with van der Waals surface area (Å²) in [5, 5.41) is 15.1. The molecule has 0 unspecified atom stereocenters. The summed E-state index contributed by atoms with van der Waals surface area (Å²) in [6.07, 6.45) is -9.58. The number of rotatable bonds is 4. The van der Waals surface area contributed by atoms with Crippen molar-refractivity contribution < 1.29 is 49.4 Å². The highest BCUT2D eigenvalue weighted by atomic mass is 32.2. The Hall–Kier alpha value is -2.85. The molecule has 3 heterocycles. The van der Waals surface area contributed by atoms with Crippen molar-refractivity contribution in [3.05, 3.63) is 52.6 Å². The molecule has 2 aromatic rings. The standard InChI is InChI=1S/C19H18F6N4O5S/c1-35(32,33)29-6-8-5-28(7-14(8)27-29)15-4-13(26-18(30)31)16(34-17(15)19(23,24)25)9-2-11(21)12(22)3-10(9)20/h2-3,6,13,15-17,26H,4-5,7H2,1H3,(H,30,31)/t13-,15+,16+,17-/m0/s1. The van der Waals surface area contributed by atoms with Crippen LogP contribution in [0.2, 0.25) is 0 Å². The summed E-state index contributed by atoms with van der Waals surface area (Å²) < 4.78 is 113. The van der Waals surface area contributed by atoms with Crippen LogP contribution in [0.25, 0.3) is 0 Å². The van der Waals surface area contributed by atoms with Crippen LogP contribution >= 0.6 is 0 Å². The molecule has 9 nitrogen and oxygen atoms in total. The number of benzene rings is 1. The molecule has 192 valence electrons. The van der Waals surface area contributed by atoms with Crippen LogP contribution in [0.15, 0.2) is 18.3 Å². The van der Waals surface area contributed by atoms with E-state index in [1.807, 2.05) is 5.32 Å². The van der Waals surface area contributed by atoms with Crippen molar-refractivity contribution in [3.63, 3.8) is 0 Å². The maximum absolute atomic E-state index is 14.4. The summed E-state index contributed by atoms with van der Waals surface area (Å²) in [4.78, 5) is 12.6. The first-order valence-corrected chi connectivity index (χ1v) is 11.9. The molecule has 35 heavy (non-hydrogen) atoms. The second-order valence-corrected chi connectivity index (χ2v) is 10.1. The van der Waals surface area contributed by atoms with Gasteiger partial charge in [0.1, 0.15) is 11.9 Å². The lowest BCUT2D eigenvalue weighted by molar-refractivity contribution is -0.270. The highest BCUT2D eigenvalue weighted by molar-refractivity contribution is 7.89. The molecule has 1 aromatic heterocycles. The maximum atomic E-state index is 14.4. The van der Waals surface area contributed by atoms with Crippen molar-refractivity contribution in [1.29, 1.82) is 0 Å². The van der Waals surface area contributed by atoms with Gasteiger partial charge in [-0.3, -0.25) is 4.90 Å². The Kier molecular flexibility index (Phi) is 6.25. The van der Waals surface area contributed by atoms with Crippen LogP contribution in [-0.2, 0) is 27.8 Å². The minimum Gasteiger partial charge on any atom is -0.465 e. The number of ether oxygens (including phenoxy) is 1. The third-order valence-electron chi connectivity index (χ3n) is 5.87. The summed E-state index contributed by atoms with van der Waals surface area (Å²) in [6.45, 7) is -0.335. The first kappa shape index (κ1) is 25.2. The van der Waals surface area contributed by atoms with Gasteiger partial charge in [0, 0.05) is 42.5 Å². The van der Waals surface area contributed by atoms with Crippen molar-refractivity contribution in [3.8, 4) is 0 Å². The van der Waals surface area contributed by atoms with E-state index in [2.05, 4.69) is 5.10 Å². The SMILES string of the molecule is CS(=O)(=O)n1cc2c(n1)CN([C@@H]1C[C@H](NC(=O)O)[C@@H](c3cc(F)c(F)cc3F)O[C@@H]1C(F)(F)F)C2. The molecule has 16 heteroatoms. The van der Waals surface area contributed by atoms with Crippen molar-refractivity contribution in [1.82, 2.24) is 19.4 Å².